The molecule has 0 aromatic carbocycles. The van der Waals surface area contributed by atoms with Crippen LogP contribution in [0.15, 0.2) is 0 Å². The molecule has 7 heteroatoms. The van der Waals surface area contributed by atoms with Crippen LogP contribution in [-0.4, -0.2) is 51.1 Å². The molecule has 0 saturated heterocycles. The quantitative estimate of drug-likeness (QED) is 0.345. The summed E-state index contributed by atoms with van der Waals surface area (Å²) in [5.74, 6) is -3.54. The molecule has 2 atom stereocenters. The van der Waals surface area contributed by atoms with Gasteiger partial charge >= 0.3 is 11.9 Å². The van der Waals surface area contributed by atoms with E-state index in [0.717, 1.165) is 6.54 Å². The lowest BCUT2D eigenvalue weighted by Gasteiger charge is -2.07. The Labute approximate surface area is 74.4 Å². The molecule has 0 rings (SSSR count). The topological polar surface area (TPSA) is 141 Å². The van der Waals surface area contributed by atoms with Gasteiger partial charge in [-0.2, -0.15) is 0 Å². The molecule has 7 nitrogen and oxygen atoms in total. The van der Waals surface area contributed by atoms with E-state index in [1.54, 1.807) is 0 Å². The molecule has 0 unspecified atom stereocenters. The Morgan fingerprint density at radius 3 is 1.38 bits per heavy atom. The van der Waals surface area contributed by atoms with Gasteiger partial charge in [0, 0.05) is 0 Å². The molecule has 0 aromatic heterocycles. The van der Waals surface area contributed by atoms with Crippen molar-refractivity contribution in [2.75, 3.05) is 6.54 Å². The average molecular weight is 195 g/mol. The van der Waals surface area contributed by atoms with E-state index in [-0.39, 0.29) is 0 Å². The van der Waals surface area contributed by atoms with Crippen LogP contribution in [0.3, 0.4) is 0 Å². The summed E-state index contributed by atoms with van der Waals surface area (Å²) < 4.78 is 0. The van der Waals surface area contributed by atoms with Gasteiger partial charge in [-0.3, -0.25) is 0 Å². The molecule has 78 valence electrons. The van der Waals surface area contributed by atoms with E-state index >= 15 is 0 Å². The minimum absolute atomic E-state index is 0.750. The molecule has 0 aromatic rings. The van der Waals surface area contributed by atoms with E-state index in [9.17, 15) is 9.59 Å². The molecule has 6 N–H and O–H groups in total. The first-order valence-electron chi connectivity index (χ1n) is 3.40. The highest BCUT2D eigenvalue weighted by molar-refractivity contribution is 5.82. The Balaban J connectivity index is 0. The Morgan fingerprint density at radius 1 is 1.15 bits per heavy atom. The van der Waals surface area contributed by atoms with E-state index < -0.39 is 24.1 Å². The summed E-state index contributed by atoms with van der Waals surface area (Å²) in [5, 5.41) is 32.5. The number of aliphatic hydroxyl groups excluding tert-OH is 2. The van der Waals surface area contributed by atoms with E-state index in [2.05, 4.69) is 0 Å². The fourth-order valence-corrected chi connectivity index (χ4v) is 0.270. The smallest absolute Gasteiger partial charge is 0.335 e. The van der Waals surface area contributed by atoms with Crippen LogP contribution in [0.1, 0.15) is 6.92 Å². The minimum atomic E-state index is -2.27. The molecule has 0 saturated carbocycles. The van der Waals surface area contributed by atoms with Crippen molar-refractivity contribution in [2.45, 2.75) is 19.1 Å². The van der Waals surface area contributed by atoms with Crippen LogP contribution in [-0.2, 0) is 9.59 Å². The van der Waals surface area contributed by atoms with Gasteiger partial charge in [-0.15, -0.1) is 0 Å². The fraction of sp³-hybridized carbons (Fsp3) is 0.667. The summed E-state index contributed by atoms with van der Waals surface area (Å²) in [6.07, 6.45) is -4.53. The van der Waals surface area contributed by atoms with Crippen molar-refractivity contribution in [3.8, 4) is 0 Å². The standard InChI is InChI=1S/C4H6O6.C2H7N/c5-1(3(7)8)2(6)4(9)10;1-2-3/h1-2,5-6H,(H,7,8)(H,9,10);2-3H2,1H3/t1-,2-;/m1./s1. The molecular formula is C6H13NO6. The molecule has 0 spiro atoms. The lowest BCUT2D eigenvalue weighted by Crippen LogP contribution is -2.39. The lowest BCUT2D eigenvalue weighted by molar-refractivity contribution is -0.165. The van der Waals surface area contributed by atoms with Crippen LogP contribution in [0.4, 0.5) is 0 Å². The molecule has 0 radical (unpaired) electrons. The molecule has 13 heavy (non-hydrogen) atoms. The van der Waals surface area contributed by atoms with Crippen molar-refractivity contribution in [1.29, 1.82) is 0 Å². The third kappa shape index (κ3) is 7.19. The summed E-state index contributed by atoms with van der Waals surface area (Å²) >= 11 is 0. The Morgan fingerprint density at radius 2 is 1.31 bits per heavy atom. The van der Waals surface area contributed by atoms with Crippen LogP contribution < -0.4 is 5.73 Å². The van der Waals surface area contributed by atoms with E-state index in [1.165, 1.54) is 0 Å². The van der Waals surface area contributed by atoms with Crippen molar-refractivity contribution in [3.05, 3.63) is 0 Å². The van der Waals surface area contributed by atoms with Gasteiger partial charge in [0.15, 0.2) is 12.2 Å². The van der Waals surface area contributed by atoms with Crippen molar-refractivity contribution < 1.29 is 30.0 Å². The Kier molecular flexibility index (Phi) is 8.24. The van der Waals surface area contributed by atoms with Crippen LogP contribution in [0, 0.1) is 0 Å². The minimum Gasteiger partial charge on any atom is -0.479 e. The molecule has 0 aliphatic heterocycles. The summed E-state index contributed by atoms with van der Waals surface area (Å²) in [5.41, 5.74) is 4.85. The number of carbonyl (C=O) groups is 2. The Hall–Kier alpha value is -1.18. The zero-order chi connectivity index (χ0) is 11.0. The maximum absolute atomic E-state index is 9.77. The second kappa shape index (κ2) is 7.47. The van der Waals surface area contributed by atoms with Gasteiger partial charge in [0.25, 0.3) is 0 Å². The van der Waals surface area contributed by atoms with E-state index in [1.807, 2.05) is 6.92 Å². The first-order chi connectivity index (χ1) is 5.88. The summed E-state index contributed by atoms with van der Waals surface area (Å²) in [4.78, 5) is 19.5. The number of aliphatic hydroxyl groups is 2. The monoisotopic (exact) mass is 195 g/mol. The molecule has 0 aliphatic rings. The molecule has 0 fully saturated rings. The Bertz CT molecular complexity index is 153. The number of hydrogen-bond acceptors (Lipinski definition) is 5. The average Bonchev–Trinajstić information content (AvgIpc) is 2.03. The zero-order valence-corrected chi connectivity index (χ0v) is 7.04. The third-order valence-electron chi connectivity index (χ3n) is 0.805. The lowest BCUT2D eigenvalue weighted by atomic mass is 10.2. The van der Waals surface area contributed by atoms with Crippen molar-refractivity contribution in [1.82, 2.24) is 0 Å². The fourth-order valence-electron chi connectivity index (χ4n) is 0.270. The summed E-state index contributed by atoms with van der Waals surface area (Å²) in [7, 11) is 0. The molecule has 0 heterocycles. The number of carboxylic acid groups (broad SMARTS) is 2. The zero-order valence-electron chi connectivity index (χ0n) is 7.04. The first-order valence-corrected chi connectivity index (χ1v) is 3.40. The molecule has 0 amide bonds. The number of carboxylic acids is 2. The largest absolute Gasteiger partial charge is 0.479 e. The van der Waals surface area contributed by atoms with Crippen molar-refractivity contribution in [2.24, 2.45) is 5.73 Å². The molecule has 0 bridgehead atoms. The van der Waals surface area contributed by atoms with Gasteiger partial charge in [-0.05, 0) is 6.54 Å². The van der Waals surface area contributed by atoms with Gasteiger partial charge in [-0.25, -0.2) is 9.59 Å². The van der Waals surface area contributed by atoms with Gasteiger partial charge in [0.1, 0.15) is 0 Å². The van der Waals surface area contributed by atoms with E-state index in [0.29, 0.717) is 0 Å². The first kappa shape index (κ1) is 14.3. The van der Waals surface area contributed by atoms with Gasteiger partial charge < -0.3 is 26.2 Å². The highest BCUT2D eigenvalue weighted by Crippen LogP contribution is 1.92. The number of nitrogens with two attached hydrogens (primary N) is 1. The van der Waals surface area contributed by atoms with Crippen LogP contribution in [0.2, 0.25) is 0 Å². The third-order valence-corrected chi connectivity index (χ3v) is 0.805. The maximum atomic E-state index is 9.77. The van der Waals surface area contributed by atoms with Crippen molar-refractivity contribution in [3.63, 3.8) is 0 Å². The van der Waals surface area contributed by atoms with Gasteiger partial charge in [0.05, 0.1) is 0 Å². The normalized spacial score (nSPS) is 13.5. The molecule has 0 aliphatic carbocycles. The van der Waals surface area contributed by atoms with Crippen LogP contribution in [0.5, 0.6) is 0 Å². The molecular weight excluding hydrogens is 182 g/mol. The van der Waals surface area contributed by atoms with Gasteiger partial charge in [0.2, 0.25) is 0 Å². The van der Waals surface area contributed by atoms with Crippen molar-refractivity contribution >= 4 is 11.9 Å². The highest BCUT2D eigenvalue weighted by atomic mass is 16.4. The van der Waals surface area contributed by atoms with E-state index in [4.69, 9.17) is 26.2 Å². The number of aliphatic carboxylic acids is 2. The van der Waals surface area contributed by atoms with Gasteiger partial charge in [-0.1, -0.05) is 6.92 Å². The van der Waals surface area contributed by atoms with Crippen LogP contribution >= 0.6 is 0 Å². The predicted octanol–water partition coefficient (Wildman–Crippen LogP) is -2.16. The second-order valence-electron chi connectivity index (χ2n) is 1.97. The predicted molar refractivity (Wildman–Crippen MR) is 42.0 cm³/mol. The number of rotatable bonds is 3. The summed E-state index contributed by atoms with van der Waals surface area (Å²) in [6.45, 7) is 2.65. The highest BCUT2D eigenvalue weighted by Gasteiger charge is 2.29. The SMILES string of the molecule is CCN.O=C(O)[C@H](O)[C@@H](O)C(=O)O. The second-order valence-corrected chi connectivity index (χ2v) is 1.97. The summed E-state index contributed by atoms with van der Waals surface area (Å²) in [6, 6.07) is 0. The van der Waals surface area contributed by atoms with Crippen LogP contribution in [0.25, 0.3) is 0 Å². The maximum Gasteiger partial charge on any atom is 0.335 e. The number of hydrogen-bond donors (Lipinski definition) is 5.